The van der Waals surface area contributed by atoms with Gasteiger partial charge < -0.3 is 0 Å². The summed E-state index contributed by atoms with van der Waals surface area (Å²) in [5.74, 6) is 0. The van der Waals surface area contributed by atoms with Crippen LogP contribution in [0.5, 0.6) is 0 Å². The van der Waals surface area contributed by atoms with Crippen LogP contribution >= 0.6 is 0 Å². The minimum Gasteiger partial charge on any atom is -0.294 e. The summed E-state index contributed by atoms with van der Waals surface area (Å²) in [7, 11) is 1.82. The fourth-order valence-corrected chi connectivity index (χ4v) is 0.921. The van der Waals surface area contributed by atoms with E-state index < -0.39 is 0 Å². The van der Waals surface area contributed by atoms with Crippen LogP contribution < -0.4 is 0 Å². The van der Waals surface area contributed by atoms with Crippen LogP contribution in [0.2, 0.25) is 0 Å². The van der Waals surface area contributed by atoms with E-state index in [1.54, 1.807) is 23.1 Å². The molecule has 4 nitrogen and oxygen atoms in total. The van der Waals surface area contributed by atoms with Crippen molar-refractivity contribution in [3.63, 3.8) is 0 Å². The van der Waals surface area contributed by atoms with E-state index in [0.717, 1.165) is 11.4 Å². The second-order valence-corrected chi connectivity index (χ2v) is 2.41. The zero-order valence-electron chi connectivity index (χ0n) is 6.93. The van der Waals surface area contributed by atoms with Crippen molar-refractivity contribution in [2.75, 3.05) is 0 Å². The largest absolute Gasteiger partial charge is 0.294 e. The van der Waals surface area contributed by atoms with Crippen molar-refractivity contribution >= 4 is 0 Å². The second-order valence-electron chi connectivity index (χ2n) is 2.41. The third-order valence-electron chi connectivity index (χ3n) is 1.45. The molecule has 2 aromatic heterocycles. The van der Waals surface area contributed by atoms with Gasteiger partial charge in [0.15, 0.2) is 0 Å². The summed E-state index contributed by atoms with van der Waals surface area (Å²) in [6.45, 7) is 0. The van der Waals surface area contributed by atoms with Crippen LogP contribution in [-0.2, 0) is 27.2 Å². The smallest absolute Gasteiger partial charge is 0.0312 e. The summed E-state index contributed by atoms with van der Waals surface area (Å²) < 4.78 is 1.64. The first-order valence-corrected chi connectivity index (χ1v) is 3.55. The van der Waals surface area contributed by atoms with Gasteiger partial charge in [0.1, 0.15) is 0 Å². The molecule has 0 amide bonds. The molecule has 0 fully saturated rings. The fourth-order valence-electron chi connectivity index (χ4n) is 0.921. The molecule has 0 spiro atoms. The maximum absolute atomic E-state index is 4.09. The van der Waals surface area contributed by atoms with E-state index in [1.807, 2.05) is 13.1 Å². The molecule has 0 aliphatic heterocycles. The van der Waals surface area contributed by atoms with Crippen molar-refractivity contribution in [3.8, 4) is 11.4 Å². The van der Waals surface area contributed by atoms with Gasteiger partial charge in [-0.3, -0.25) is 9.67 Å². The normalized spacial score (nSPS) is 9.31. The molecule has 69 valence electrons. The van der Waals surface area contributed by atoms with Crippen LogP contribution in [0.4, 0.5) is 0 Å². The van der Waals surface area contributed by atoms with Crippen molar-refractivity contribution in [3.05, 3.63) is 30.6 Å². The number of hydrogen-bond donors (Lipinski definition) is 0. The van der Waals surface area contributed by atoms with Gasteiger partial charge in [0, 0.05) is 32.8 Å². The van der Waals surface area contributed by atoms with E-state index in [9.17, 15) is 0 Å². The maximum atomic E-state index is 4.09. The van der Waals surface area contributed by atoms with Gasteiger partial charge in [-0.05, 0) is 18.1 Å². The van der Waals surface area contributed by atoms with E-state index in [4.69, 9.17) is 0 Å². The molecule has 0 aromatic carbocycles. The Balaban J connectivity index is 0.000000845. The van der Waals surface area contributed by atoms with Crippen molar-refractivity contribution in [2.45, 2.75) is 0 Å². The quantitative estimate of drug-likeness (QED) is 0.710. The predicted octanol–water partition coefficient (Wildman–Crippen LogP) is 0.675. The van der Waals surface area contributed by atoms with Crippen molar-refractivity contribution < 1.29 is 20.1 Å². The molecule has 0 aliphatic carbocycles. The number of aryl methyl sites for hydroxylation is 1. The van der Waals surface area contributed by atoms with Crippen LogP contribution in [-0.4, -0.2) is 20.0 Å². The predicted molar refractivity (Wildman–Crippen MR) is 43.1 cm³/mol. The molecule has 2 rings (SSSR count). The van der Waals surface area contributed by atoms with Crippen LogP contribution in [0.25, 0.3) is 11.4 Å². The summed E-state index contributed by atoms with van der Waals surface area (Å²) in [5.41, 5.74) is 1.48. The Morgan fingerprint density at radius 2 is 2.31 bits per heavy atom. The van der Waals surface area contributed by atoms with Crippen LogP contribution in [0.1, 0.15) is 0 Å². The van der Waals surface area contributed by atoms with Gasteiger partial charge in [0.05, 0.1) is 0 Å². The molecular weight excluding hydrogens is 344 g/mol. The molecule has 1 radical (unpaired) electrons. The van der Waals surface area contributed by atoms with E-state index >= 15 is 0 Å². The van der Waals surface area contributed by atoms with E-state index in [1.165, 1.54) is 0 Å². The standard InChI is InChI=1S/C8H7N4.Ir/c1-12-6-8(10-11-12)7-4-2-3-5-9-7;/h2-3,5-6H,1H3;/q-1;. The van der Waals surface area contributed by atoms with Crippen molar-refractivity contribution in [1.29, 1.82) is 0 Å². The van der Waals surface area contributed by atoms with Gasteiger partial charge in [-0.2, -0.15) is 17.2 Å². The maximum Gasteiger partial charge on any atom is 0.0312 e. The summed E-state index contributed by atoms with van der Waals surface area (Å²) in [6.07, 6.45) is 3.51. The van der Waals surface area contributed by atoms with Crippen LogP contribution in [0.15, 0.2) is 24.5 Å². The van der Waals surface area contributed by atoms with Crippen LogP contribution in [0.3, 0.4) is 0 Å². The Kier molecular flexibility index (Phi) is 3.28. The molecule has 0 unspecified atom stereocenters. The van der Waals surface area contributed by atoms with E-state index in [-0.39, 0.29) is 20.1 Å². The Bertz CT molecular complexity index is 371. The van der Waals surface area contributed by atoms with Gasteiger partial charge in [0.25, 0.3) is 0 Å². The molecule has 2 aromatic rings. The summed E-state index contributed by atoms with van der Waals surface area (Å²) >= 11 is 0. The zero-order chi connectivity index (χ0) is 8.39. The number of hydrogen-bond acceptors (Lipinski definition) is 3. The second kappa shape index (κ2) is 4.25. The Morgan fingerprint density at radius 1 is 1.46 bits per heavy atom. The first kappa shape index (κ1) is 10.0. The summed E-state index contributed by atoms with van der Waals surface area (Å²) in [4.78, 5) is 4.09. The minimum absolute atomic E-state index is 0. The van der Waals surface area contributed by atoms with Gasteiger partial charge in [-0.15, -0.1) is 6.07 Å². The minimum atomic E-state index is 0. The molecule has 0 atom stereocenters. The molecule has 0 aliphatic rings. The molecule has 13 heavy (non-hydrogen) atoms. The van der Waals surface area contributed by atoms with Crippen molar-refractivity contribution in [1.82, 2.24) is 20.0 Å². The average molecular weight is 351 g/mol. The molecule has 5 heteroatoms. The number of aromatic nitrogens is 4. The molecule has 0 N–H and O–H groups in total. The summed E-state index contributed by atoms with van der Waals surface area (Å²) in [6, 6.07) is 6.59. The fraction of sp³-hybridized carbons (Fsp3) is 0.125. The summed E-state index contributed by atoms with van der Waals surface area (Å²) in [5, 5.41) is 7.70. The molecule has 0 bridgehead atoms. The molecule has 0 saturated heterocycles. The number of nitrogens with zero attached hydrogens (tertiary/aromatic N) is 4. The first-order valence-electron chi connectivity index (χ1n) is 3.55. The van der Waals surface area contributed by atoms with E-state index in [2.05, 4.69) is 21.4 Å². The van der Waals surface area contributed by atoms with E-state index in [0.29, 0.717) is 0 Å². The van der Waals surface area contributed by atoms with Gasteiger partial charge in [0.2, 0.25) is 0 Å². The van der Waals surface area contributed by atoms with Gasteiger partial charge in [-0.1, -0.05) is 5.21 Å². The Morgan fingerprint density at radius 3 is 2.85 bits per heavy atom. The number of pyridine rings is 1. The van der Waals surface area contributed by atoms with Gasteiger partial charge >= 0.3 is 0 Å². The monoisotopic (exact) mass is 352 g/mol. The first-order chi connectivity index (χ1) is 5.86. The molecule has 0 saturated carbocycles. The SMILES string of the molecule is Cn1cc(-c2[c-]cccn2)nn1.[Ir]. The third-order valence-corrected chi connectivity index (χ3v) is 1.45. The van der Waals surface area contributed by atoms with Crippen LogP contribution in [0, 0.1) is 6.07 Å². The third kappa shape index (κ3) is 2.20. The zero-order valence-corrected chi connectivity index (χ0v) is 9.33. The Labute approximate surface area is 89.3 Å². The molecular formula is C8H7IrN4-. The number of rotatable bonds is 1. The Hall–Kier alpha value is -1.06. The topological polar surface area (TPSA) is 43.6 Å². The molecule has 2 heterocycles. The van der Waals surface area contributed by atoms with Gasteiger partial charge in [-0.25, -0.2) is 0 Å². The average Bonchev–Trinajstić information content (AvgIpc) is 2.54. The van der Waals surface area contributed by atoms with Crippen molar-refractivity contribution in [2.24, 2.45) is 7.05 Å².